The third-order valence-corrected chi connectivity index (χ3v) is 4.98. The zero-order chi connectivity index (χ0) is 17.3. The molecule has 1 aromatic carbocycles. The lowest BCUT2D eigenvalue weighted by Crippen LogP contribution is -2.50. The molecular formula is C19H24N2O3. The van der Waals surface area contributed by atoms with Crippen molar-refractivity contribution < 1.29 is 14.4 Å². The molecule has 0 unspecified atom stereocenters. The fraction of sp³-hybridized carbons (Fsp3) is 0.526. The van der Waals surface area contributed by atoms with Gasteiger partial charge in [0.2, 0.25) is 5.91 Å². The van der Waals surface area contributed by atoms with Crippen molar-refractivity contribution in [3.63, 3.8) is 0 Å². The van der Waals surface area contributed by atoms with Crippen LogP contribution in [0.3, 0.4) is 0 Å². The Morgan fingerprint density at radius 3 is 2.12 bits per heavy atom. The molecule has 128 valence electrons. The van der Waals surface area contributed by atoms with Crippen LogP contribution in [0.4, 0.5) is 0 Å². The van der Waals surface area contributed by atoms with Crippen LogP contribution in [0.1, 0.15) is 66.7 Å². The molecule has 0 radical (unpaired) electrons. The average molecular weight is 328 g/mol. The fourth-order valence-corrected chi connectivity index (χ4v) is 3.87. The van der Waals surface area contributed by atoms with Crippen molar-refractivity contribution >= 4 is 17.7 Å². The molecule has 5 heteroatoms. The van der Waals surface area contributed by atoms with Crippen LogP contribution >= 0.6 is 0 Å². The van der Waals surface area contributed by atoms with Crippen molar-refractivity contribution in [3.8, 4) is 0 Å². The molecule has 5 nitrogen and oxygen atoms in total. The summed E-state index contributed by atoms with van der Waals surface area (Å²) in [7, 11) is 0. The van der Waals surface area contributed by atoms with Crippen LogP contribution in [0.5, 0.6) is 0 Å². The predicted octanol–water partition coefficient (Wildman–Crippen LogP) is 2.85. The quantitative estimate of drug-likeness (QED) is 0.799. The lowest BCUT2D eigenvalue weighted by atomic mass is 9.93. The molecule has 2 aliphatic rings. The summed E-state index contributed by atoms with van der Waals surface area (Å²) >= 11 is 0. The lowest BCUT2D eigenvalue weighted by molar-refractivity contribution is -0.136. The predicted molar refractivity (Wildman–Crippen MR) is 90.7 cm³/mol. The van der Waals surface area contributed by atoms with E-state index in [1.807, 2.05) is 18.7 Å². The number of carbonyl (C=O) groups is 3. The molecule has 0 aromatic heterocycles. The molecule has 0 atom stereocenters. The second-order valence-corrected chi connectivity index (χ2v) is 6.93. The van der Waals surface area contributed by atoms with Crippen molar-refractivity contribution in [2.24, 2.45) is 0 Å². The van der Waals surface area contributed by atoms with E-state index in [0.717, 1.165) is 30.6 Å². The Morgan fingerprint density at radius 1 is 1.08 bits per heavy atom. The van der Waals surface area contributed by atoms with Crippen molar-refractivity contribution in [2.75, 3.05) is 6.54 Å². The van der Waals surface area contributed by atoms with E-state index in [1.54, 1.807) is 24.3 Å². The van der Waals surface area contributed by atoms with Gasteiger partial charge in [0.25, 0.3) is 11.8 Å². The van der Waals surface area contributed by atoms with Crippen molar-refractivity contribution in [2.45, 2.75) is 58.0 Å². The molecule has 1 heterocycles. The Kier molecular flexibility index (Phi) is 4.69. The molecular weight excluding hydrogens is 304 g/mol. The first kappa shape index (κ1) is 16.7. The zero-order valence-corrected chi connectivity index (χ0v) is 14.3. The van der Waals surface area contributed by atoms with Crippen LogP contribution in [0.15, 0.2) is 24.3 Å². The van der Waals surface area contributed by atoms with Gasteiger partial charge in [-0.05, 0) is 38.8 Å². The minimum atomic E-state index is -0.365. The minimum absolute atomic E-state index is 0.0655. The summed E-state index contributed by atoms with van der Waals surface area (Å²) in [4.78, 5) is 40.7. The van der Waals surface area contributed by atoms with E-state index < -0.39 is 0 Å². The van der Waals surface area contributed by atoms with Gasteiger partial charge in [0.05, 0.1) is 11.1 Å². The van der Waals surface area contributed by atoms with E-state index >= 15 is 0 Å². The monoisotopic (exact) mass is 328 g/mol. The molecule has 3 amide bonds. The summed E-state index contributed by atoms with van der Waals surface area (Å²) in [5.41, 5.74) is 0.785. The normalized spacial score (nSPS) is 18.2. The molecule has 0 saturated heterocycles. The first-order valence-corrected chi connectivity index (χ1v) is 8.77. The molecule has 24 heavy (non-hydrogen) atoms. The first-order chi connectivity index (χ1) is 11.5. The molecule has 3 rings (SSSR count). The van der Waals surface area contributed by atoms with Gasteiger partial charge < -0.3 is 4.90 Å². The number of hydrogen-bond donors (Lipinski definition) is 0. The van der Waals surface area contributed by atoms with Crippen LogP contribution in [0, 0.1) is 0 Å². The smallest absolute Gasteiger partial charge is 0.262 e. The second kappa shape index (κ2) is 6.75. The number of nitrogens with zero attached hydrogens (tertiary/aromatic N) is 2. The summed E-state index contributed by atoms with van der Waals surface area (Å²) in [6.45, 7) is 3.82. The van der Waals surface area contributed by atoms with Crippen LogP contribution < -0.4 is 0 Å². The number of imide groups is 1. The van der Waals surface area contributed by atoms with Gasteiger partial charge in [-0.3, -0.25) is 19.3 Å². The Labute approximate surface area is 142 Å². The molecule has 0 spiro atoms. The molecule has 0 bridgehead atoms. The van der Waals surface area contributed by atoms with Gasteiger partial charge in [0, 0.05) is 12.1 Å². The lowest BCUT2D eigenvalue weighted by Gasteiger charge is -2.38. The highest BCUT2D eigenvalue weighted by Crippen LogP contribution is 2.26. The van der Waals surface area contributed by atoms with Crippen molar-refractivity contribution in [3.05, 3.63) is 35.4 Å². The highest BCUT2D eigenvalue weighted by Gasteiger charge is 2.38. The van der Waals surface area contributed by atoms with Gasteiger partial charge in [-0.15, -0.1) is 0 Å². The Morgan fingerprint density at radius 2 is 1.62 bits per heavy atom. The van der Waals surface area contributed by atoms with E-state index in [1.165, 1.54) is 6.42 Å². The molecule has 1 saturated carbocycles. The summed E-state index contributed by atoms with van der Waals surface area (Å²) < 4.78 is 0. The Hall–Kier alpha value is -2.17. The number of carbonyl (C=O) groups excluding carboxylic acids is 3. The maximum absolute atomic E-state index is 12.9. The van der Waals surface area contributed by atoms with Gasteiger partial charge in [-0.2, -0.15) is 0 Å². The first-order valence-electron chi connectivity index (χ1n) is 8.77. The number of fused-ring (bicyclic) bond motifs is 1. The maximum atomic E-state index is 12.9. The van der Waals surface area contributed by atoms with E-state index in [0.29, 0.717) is 11.1 Å². The third-order valence-electron chi connectivity index (χ3n) is 4.98. The summed E-state index contributed by atoms with van der Waals surface area (Å²) in [5, 5.41) is 0. The molecule has 0 N–H and O–H groups in total. The summed E-state index contributed by atoms with van der Waals surface area (Å²) in [6, 6.07) is 7.04. The zero-order valence-electron chi connectivity index (χ0n) is 14.3. The van der Waals surface area contributed by atoms with Gasteiger partial charge in [0.15, 0.2) is 0 Å². The van der Waals surface area contributed by atoms with Crippen LogP contribution in [-0.2, 0) is 4.79 Å². The number of hydrogen-bond acceptors (Lipinski definition) is 3. The van der Waals surface area contributed by atoms with E-state index in [4.69, 9.17) is 0 Å². The maximum Gasteiger partial charge on any atom is 0.262 e. The number of amides is 3. The van der Waals surface area contributed by atoms with Crippen LogP contribution in [-0.4, -0.2) is 46.1 Å². The Bertz CT molecular complexity index is 627. The van der Waals surface area contributed by atoms with Crippen LogP contribution in [0.2, 0.25) is 0 Å². The third kappa shape index (κ3) is 2.95. The van der Waals surface area contributed by atoms with Crippen molar-refractivity contribution in [1.29, 1.82) is 0 Å². The molecule has 1 aliphatic heterocycles. The van der Waals surface area contributed by atoms with Gasteiger partial charge in [-0.1, -0.05) is 31.4 Å². The highest BCUT2D eigenvalue weighted by molar-refractivity contribution is 6.22. The largest absolute Gasteiger partial charge is 0.336 e. The average Bonchev–Trinajstić information content (AvgIpc) is 2.81. The van der Waals surface area contributed by atoms with E-state index in [-0.39, 0.29) is 36.3 Å². The summed E-state index contributed by atoms with van der Waals surface area (Å²) in [6.07, 6.45) is 5.50. The second-order valence-electron chi connectivity index (χ2n) is 6.93. The summed E-state index contributed by atoms with van der Waals surface area (Å²) in [5.74, 6) is -0.862. The van der Waals surface area contributed by atoms with Gasteiger partial charge in [0.1, 0.15) is 6.54 Å². The van der Waals surface area contributed by atoms with Gasteiger partial charge >= 0.3 is 0 Å². The highest BCUT2D eigenvalue weighted by atomic mass is 16.2. The minimum Gasteiger partial charge on any atom is -0.336 e. The topological polar surface area (TPSA) is 57.7 Å². The SMILES string of the molecule is CC(C)N(C(=O)CN1C(=O)c2ccccc2C1=O)C1CCCCC1. The van der Waals surface area contributed by atoms with Gasteiger partial charge in [-0.25, -0.2) is 0 Å². The Balaban J connectivity index is 1.76. The number of benzene rings is 1. The van der Waals surface area contributed by atoms with Crippen molar-refractivity contribution in [1.82, 2.24) is 9.80 Å². The fourth-order valence-electron chi connectivity index (χ4n) is 3.87. The molecule has 1 aromatic rings. The standard InChI is InChI=1S/C19H24N2O3/c1-13(2)21(14-8-4-3-5-9-14)17(22)12-20-18(23)15-10-6-7-11-16(15)19(20)24/h6-7,10-11,13-14H,3-5,8-9,12H2,1-2H3. The number of rotatable bonds is 4. The van der Waals surface area contributed by atoms with Crippen LogP contribution in [0.25, 0.3) is 0 Å². The molecule has 1 fully saturated rings. The molecule has 1 aliphatic carbocycles. The van der Waals surface area contributed by atoms with E-state index in [9.17, 15) is 14.4 Å². The van der Waals surface area contributed by atoms with E-state index in [2.05, 4.69) is 0 Å².